The Hall–Kier alpha value is -3.67. The normalized spacial score (nSPS) is 12.7. The number of hydrogen-bond donors (Lipinski definition) is 0. The van der Waals surface area contributed by atoms with Crippen LogP contribution in [0.4, 0.5) is 0 Å². The van der Waals surface area contributed by atoms with Gasteiger partial charge in [-0.15, -0.1) is 0 Å². The molecule has 0 saturated heterocycles. The fourth-order valence-corrected chi connectivity index (χ4v) is 9.01. The average Bonchev–Trinajstić information content (AvgIpc) is 3.42. The second kappa shape index (κ2) is 63.9. The molecule has 436 valence electrons. The molecule has 1 atom stereocenters. The summed E-state index contributed by atoms with van der Waals surface area (Å²) in [6, 6.07) is 0. The Labute approximate surface area is 470 Å². The van der Waals surface area contributed by atoms with Crippen molar-refractivity contribution in [2.45, 2.75) is 316 Å². The summed E-state index contributed by atoms with van der Waals surface area (Å²) in [5, 5.41) is 0. The smallest absolute Gasteiger partial charge is 0.306 e. The van der Waals surface area contributed by atoms with Gasteiger partial charge in [0.05, 0.1) is 0 Å². The van der Waals surface area contributed by atoms with Gasteiger partial charge >= 0.3 is 17.9 Å². The predicted octanol–water partition coefficient (Wildman–Crippen LogP) is 22.0. The van der Waals surface area contributed by atoms with E-state index in [0.717, 1.165) is 116 Å². The topological polar surface area (TPSA) is 78.9 Å². The fraction of sp³-hybridized carbons (Fsp3) is 0.729. The van der Waals surface area contributed by atoms with Gasteiger partial charge in [-0.05, 0) is 103 Å². The number of carbonyl (C=O) groups is 3. The molecule has 0 aromatic heterocycles. The largest absolute Gasteiger partial charge is 0.462 e. The number of rotatable bonds is 58. The molecule has 6 nitrogen and oxygen atoms in total. The van der Waals surface area contributed by atoms with Gasteiger partial charge in [0.1, 0.15) is 13.2 Å². The summed E-state index contributed by atoms with van der Waals surface area (Å²) >= 11 is 0. The Morgan fingerprint density at radius 2 is 0.513 bits per heavy atom. The number of hydrogen-bond acceptors (Lipinski definition) is 6. The van der Waals surface area contributed by atoms with Crippen LogP contribution in [0.25, 0.3) is 0 Å². The molecule has 0 aliphatic rings. The summed E-state index contributed by atoms with van der Waals surface area (Å²) < 4.78 is 16.9. The van der Waals surface area contributed by atoms with Gasteiger partial charge in [-0.2, -0.15) is 0 Å². The third kappa shape index (κ3) is 61.2. The van der Waals surface area contributed by atoms with E-state index >= 15 is 0 Å². The summed E-state index contributed by atoms with van der Waals surface area (Å²) in [5.41, 5.74) is 0. The molecule has 0 bridgehead atoms. The van der Waals surface area contributed by atoms with Gasteiger partial charge in [0.2, 0.25) is 0 Å². The second-order valence-corrected chi connectivity index (χ2v) is 21.3. The van der Waals surface area contributed by atoms with Crippen molar-refractivity contribution in [3.05, 3.63) is 97.2 Å². The Morgan fingerprint density at radius 3 is 0.816 bits per heavy atom. The Morgan fingerprint density at radius 1 is 0.276 bits per heavy atom. The van der Waals surface area contributed by atoms with Gasteiger partial charge in [0.25, 0.3) is 0 Å². The van der Waals surface area contributed by atoms with Gasteiger partial charge in [-0.25, -0.2) is 0 Å². The van der Waals surface area contributed by atoms with Gasteiger partial charge in [0.15, 0.2) is 6.10 Å². The van der Waals surface area contributed by atoms with Crippen molar-refractivity contribution in [2.24, 2.45) is 0 Å². The van der Waals surface area contributed by atoms with E-state index in [4.69, 9.17) is 14.2 Å². The third-order valence-electron chi connectivity index (χ3n) is 13.8. The van der Waals surface area contributed by atoms with E-state index in [1.54, 1.807) is 0 Å². The summed E-state index contributed by atoms with van der Waals surface area (Å²) in [5.74, 6) is -0.881. The summed E-state index contributed by atoms with van der Waals surface area (Å²) in [6.45, 7) is 6.52. The van der Waals surface area contributed by atoms with Gasteiger partial charge in [-0.3, -0.25) is 14.4 Å². The van der Waals surface area contributed by atoms with E-state index in [1.807, 2.05) is 0 Å². The highest BCUT2D eigenvalue weighted by atomic mass is 16.6. The highest BCUT2D eigenvalue weighted by Gasteiger charge is 2.19. The van der Waals surface area contributed by atoms with Gasteiger partial charge in [0, 0.05) is 19.3 Å². The number of esters is 3. The lowest BCUT2D eigenvalue weighted by Gasteiger charge is -2.18. The molecule has 0 N–H and O–H groups in total. The SMILES string of the molecule is CC/C=C\C/C=C\C/C=C\C/C=C\C/C=C\C/C=C\C/C=C\CCCCCCCCCCCCCC(=O)OCC(COC(=O)CCCCCCCCCCCCC)OC(=O)CCCCCCC/C=C\CCCCCCC. The first kappa shape index (κ1) is 72.3. The van der Waals surface area contributed by atoms with E-state index in [-0.39, 0.29) is 31.1 Å². The molecule has 0 amide bonds. The summed E-state index contributed by atoms with van der Waals surface area (Å²) in [4.78, 5) is 38.2. The lowest BCUT2D eigenvalue weighted by Crippen LogP contribution is -2.30. The fourth-order valence-electron chi connectivity index (χ4n) is 9.01. The Kier molecular flexibility index (Phi) is 60.8. The minimum atomic E-state index is -0.780. The van der Waals surface area contributed by atoms with Gasteiger partial charge < -0.3 is 14.2 Å². The molecule has 0 aromatic carbocycles. The van der Waals surface area contributed by atoms with Crippen LogP contribution < -0.4 is 0 Å². The molecule has 0 saturated carbocycles. The molecule has 0 aliphatic carbocycles. The van der Waals surface area contributed by atoms with Crippen molar-refractivity contribution in [3.8, 4) is 0 Å². The van der Waals surface area contributed by atoms with Crippen molar-refractivity contribution in [2.75, 3.05) is 13.2 Å². The molecule has 0 aliphatic heterocycles. The zero-order chi connectivity index (χ0) is 55.0. The zero-order valence-corrected chi connectivity index (χ0v) is 50.0. The first-order valence-corrected chi connectivity index (χ1v) is 32.2. The first-order chi connectivity index (χ1) is 37.5. The van der Waals surface area contributed by atoms with E-state index in [1.165, 1.54) is 154 Å². The number of ether oxygens (including phenoxy) is 3. The number of carbonyl (C=O) groups excluding carboxylic acids is 3. The average molecular weight is 1060 g/mol. The van der Waals surface area contributed by atoms with Crippen LogP contribution in [0.15, 0.2) is 97.2 Å². The molecule has 76 heavy (non-hydrogen) atoms. The highest BCUT2D eigenvalue weighted by Crippen LogP contribution is 2.16. The number of unbranched alkanes of at least 4 members (excludes halogenated alkanes) is 31. The van der Waals surface area contributed by atoms with E-state index in [0.29, 0.717) is 19.3 Å². The standard InChI is InChI=1S/C70H120O6/c1-4-7-10-13-16-19-22-24-26-27-28-29-30-31-32-33-34-35-36-37-38-39-40-41-42-43-44-46-48-51-54-57-60-63-69(72)75-66-67(65-74-68(71)62-59-56-53-50-47-21-18-15-12-9-6-3)76-70(73)64-61-58-55-52-49-45-25-23-20-17-14-11-8-5-2/h7,10,16,19,23-26,28-29,31-32,34-35,37-38,67H,4-6,8-9,11-15,17-18,20-22,27,30,33,36,39-66H2,1-3H3/b10-7-,19-16-,25-23-,26-24-,29-28-,32-31-,35-34-,38-37-. The van der Waals surface area contributed by atoms with Crippen LogP contribution in [0.2, 0.25) is 0 Å². The molecule has 0 rings (SSSR count). The molecule has 0 radical (unpaired) electrons. The monoisotopic (exact) mass is 1060 g/mol. The second-order valence-electron chi connectivity index (χ2n) is 21.3. The highest BCUT2D eigenvalue weighted by molar-refractivity contribution is 5.71. The van der Waals surface area contributed by atoms with Crippen LogP contribution in [-0.4, -0.2) is 37.2 Å². The van der Waals surface area contributed by atoms with Crippen molar-refractivity contribution >= 4 is 17.9 Å². The van der Waals surface area contributed by atoms with Crippen molar-refractivity contribution in [1.82, 2.24) is 0 Å². The van der Waals surface area contributed by atoms with E-state index in [2.05, 4.69) is 118 Å². The van der Waals surface area contributed by atoms with E-state index in [9.17, 15) is 14.4 Å². The molecular weight excluding hydrogens is 937 g/mol. The lowest BCUT2D eigenvalue weighted by molar-refractivity contribution is -0.167. The van der Waals surface area contributed by atoms with E-state index < -0.39 is 6.10 Å². The Balaban J connectivity index is 4.17. The maximum atomic E-state index is 12.8. The summed E-state index contributed by atoms with van der Waals surface area (Å²) in [6.07, 6.45) is 85.6. The summed E-state index contributed by atoms with van der Waals surface area (Å²) in [7, 11) is 0. The van der Waals surface area contributed by atoms with Crippen molar-refractivity contribution < 1.29 is 28.6 Å². The molecule has 0 fully saturated rings. The van der Waals surface area contributed by atoms with Gasteiger partial charge in [-0.1, -0.05) is 285 Å². The molecule has 0 spiro atoms. The molecule has 0 heterocycles. The third-order valence-corrected chi connectivity index (χ3v) is 13.8. The first-order valence-electron chi connectivity index (χ1n) is 32.2. The van der Waals surface area contributed by atoms with Crippen LogP contribution in [0.5, 0.6) is 0 Å². The van der Waals surface area contributed by atoms with Crippen molar-refractivity contribution in [3.63, 3.8) is 0 Å². The molecule has 0 aromatic rings. The maximum Gasteiger partial charge on any atom is 0.306 e. The van der Waals surface area contributed by atoms with Crippen LogP contribution in [0, 0.1) is 0 Å². The van der Waals surface area contributed by atoms with Crippen LogP contribution in [0.3, 0.4) is 0 Å². The van der Waals surface area contributed by atoms with Crippen LogP contribution in [-0.2, 0) is 28.6 Å². The predicted molar refractivity (Wildman–Crippen MR) is 330 cm³/mol. The quantitative estimate of drug-likeness (QED) is 0.0261. The molecule has 1 unspecified atom stereocenters. The van der Waals surface area contributed by atoms with Crippen LogP contribution >= 0.6 is 0 Å². The zero-order valence-electron chi connectivity index (χ0n) is 50.0. The number of allylic oxidation sites excluding steroid dienone is 16. The Bertz CT molecular complexity index is 1490. The lowest BCUT2D eigenvalue weighted by atomic mass is 10.0. The van der Waals surface area contributed by atoms with Crippen LogP contribution in [0.1, 0.15) is 310 Å². The van der Waals surface area contributed by atoms with Crippen molar-refractivity contribution in [1.29, 1.82) is 0 Å². The maximum absolute atomic E-state index is 12.8. The minimum Gasteiger partial charge on any atom is -0.462 e. The molecule has 6 heteroatoms. The molecular formula is C70H120O6. The minimum absolute atomic E-state index is 0.0776.